The second-order valence-corrected chi connectivity index (χ2v) is 4.95. The molecule has 0 aliphatic rings. The summed E-state index contributed by atoms with van der Waals surface area (Å²) >= 11 is 1.87. The van der Waals surface area contributed by atoms with E-state index in [0.717, 1.165) is 30.0 Å². The third kappa shape index (κ3) is 5.03. The number of hydrogen-bond donors (Lipinski definition) is 1. The first kappa shape index (κ1) is 14.9. The number of benzene rings is 1. The summed E-state index contributed by atoms with van der Waals surface area (Å²) in [5.74, 6) is 4.50. The van der Waals surface area contributed by atoms with Crippen molar-refractivity contribution in [2.75, 3.05) is 18.6 Å². The fraction of sp³-hybridized carbons (Fsp3) is 0.467. The average Bonchev–Trinajstić information content (AvgIpc) is 2.42. The van der Waals surface area contributed by atoms with E-state index in [0.29, 0.717) is 12.6 Å². The van der Waals surface area contributed by atoms with Crippen LogP contribution in [0, 0.1) is 12.3 Å². The minimum absolute atomic E-state index is 0.318. The number of nitrogens with one attached hydrogen (secondary N) is 1. The van der Waals surface area contributed by atoms with Gasteiger partial charge in [0.15, 0.2) is 0 Å². The second kappa shape index (κ2) is 8.91. The van der Waals surface area contributed by atoms with Crippen LogP contribution < -0.4 is 10.1 Å². The first-order valence-electron chi connectivity index (χ1n) is 6.18. The Hall–Kier alpha value is -1.11. The highest BCUT2D eigenvalue weighted by Gasteiger charge is 2.07. The maximum atomic E-state index is 5.53. The van der Waals surface area contributed by atoms with Gasteiger partial charge in [-0.2, -0.15) is 11.8 Å². The zero-order valence-electron chi connectivity index (χ0n) is 11.1. The minimum Gasteiger partial charge on any atom is -0.481 e. The molecule has 0 bridgehead atoms. The highest BCUT2D eigenvalue weighted by Crippen LogP contribution is 2.18. The molecule has 1 aromatic carbocycles. The molecule has 1 N–H and O–H groups in total. The van der Waals surface area contributed by atoms with Gasteiger partial charge in [-0.15, -0.1) is 6.42 Å². The monoisotopic (exact) mass is 263 g/mol. The Morgan fingerprint density at radius 3 is 2.89 bits per heavy atom. The smallest absolute Gasteiger partial charge is 0.148 e. The van der Waals surface area contributed by atoms with Crippen molar-refractivity contribution in [1.82, 2.24) is 5.32 Å². The van der Waals surface area contributed by atoms with Crippen LogP contribution in [0.25, 0.3) is 0 Å². The molecule has 3 heteroatoms. The molecule has 0 aliphatic carbocycles. The first-order chi connectivity index (χ1) is 8.81. The Morgan fingerprint density at radius 2 is 2.22 bits per heavy atom. The second-order valence-electron chi connectivity index (χ2n) is 4.04. The Kier molecular flexibility index (Phi) is 7.40. The van der Waals surface area contributed by atoms with Gasteiger partial charge in [0.2, 0.25) is 0 Å². The van der Waals surface area contributed by atoms with Crippen molar-refractivity contribution in [3.63, 3.8) is 0 Å². The maximum absolute atomic E-state index is 5.53. The van der Waals surface area contributed by atoms with E-state index in [9.17, 15) is 0 Å². The number of hydrogen-bond acceptors (Lipinski definition) is 3. The molecule has 0 spiro atoms. The molecule has 0 saturated carbocycles. The molecule has 1 aromatic rings. The van der Waals surface area contributed by atoms with Crippen LogP contribution in [0.4, 0.5) is 0 Å². The van der Waals surface area contributed by atoms with Gasteiger partial charge in [-0.25, -0.2) is 0 Å². The van der Waals surface area contributed by atoms with Crippen molar-refractivity contribution in [1.29, 1.82) is 0 Å². The molecule has 18 heavy (non-hydrogen) atoms. The fourth-order valence-electron chi connectivity index (χ4n) is 1.69. The molecule has 0 amide bonds. The SMILES string of the molecule is C#CCOc1ccccc1CNC(CC)CSC. The molecule has 1 unspecified atom stereocenters. The van der Waals surface area contributed by atoms with Gasteiger partial charge in [-0.3, -0.25) is 0 Å². The van der Waals surface area contributed by atoms with Crippen molar-refractivity contribution < 1.29 is 4.74 Å². The predicted octanol–water partition coefficient (Wildman–Crippen LogP) is 2.93. The molecule has 98 valence electrons. The van der Waals surface area contributed by atoms with E-state index < -0.39 is 0 Å². The largest absolute Gasteiger partial charge is 0.481 e. The third-order valence-electron chi connectivity index (χ3n) is 2.73. The molecule has 0 aliphatic heterocycles. The highest BCUT2D eigenvalue weighted by atomic mass is 32.2. The van der Waals surface area contributed by atoms with E-state index in [4.69, 9.17) is 11.2 Å². The van der Waals surface area contributed by atoms with Gasteiger partial charge >= 0.3 is 0 Å². The molecule has 2 nitrogen and oxygen atoms in total. The van der Waals surface area contributed by atoms with E-state index in [1.54, 1.807) is 0 Å². The van der Waals surface area contributed by atoms with Crippen LogP contribution in [-0.2, 0) is 6.54 Å². The molecule has 0 radical (unpaired) electrons. The number of para-hydroxylation sites is 1. The standard InChI is InChI=1S/C15H21NOS/c1-4-10-17-15-9-7-6-8-13(15)11-16-14(5-2)12-18-3/h1,6-9,14,16H,5,10-12H2,2-3H3. The lowest BCUT2D eigenvalue weighted by Gasteiger charge is -2.17. The molecule has 0 saturated heterocycles. The van der Waals surface area contributed by atoms with Crippen molar-refractivity contribution in [2.24, 2.45) is 0 Å². The van der Waals surface area contributed by atoms with Crippen molar-refractivity contribution in [3.8, 4) is 18.1 Å². The van der Waals surface area contributed by atoms with Gasteiger partial charge in [0.1, 0.15) is 12.4 Å². The summed E-state index contributed by atoms with van der Waals surface area (Å²) in [4.78, 5) is 0. The lowest BCUT2D eigenvalue weighted by atomic mass is 10.2. The van der Waals surface area contributed by atoms with E-state index in [-0.39, 0.29) is 0 Å². The van der Waals surface area contributed by atoms with Crippen molar-refractivity contribution in [3.05, 3.63) is 29.8 Å². The van der Waals surface area contributed by atoms with Crippen LogP contribution in [-0.4, -0.2) is 24.7 Å². The number of ether oxygens (including phenoxy) is 1. The van der Waals surface area contributed by atoms with Gasteiger partial charge in [-0.05, 0) is 18.7 Å². The van der Waals surface area contributed by atoms with Crippen LogP contribution in [0.5, 0.6) is 5.75 Å². The maximum Gasteiger partial charge on any atom is 0.148 e. The topological polar surface area (TPSA) is 21.3 Å². The van der Waals surface area contributed by atoms with Crippen molar-refractivity contribution in [2.45, 2.75) is 25.9 Å². The summed E-state index contributed by atoms with van der Waals surface area (Å²) in [6.07, 6.45) is 8.48. The summed E-state index contributed by atoms with van der Waals surface area (Å²) < 4.78 is 5.53. The summed E-state index contributed by atoms with van der Waals surface area (Å²) in [7, 11) is 0. The fourth-order valence-corrected chi connectivity index (χ4v) is 2.44. The van der Waals surface area contributed by atoms with E-state index in [2.05, 4.69) is 30.5 Å². The lowest BCUT2D eigenvalue weighted by molar-refractivity contribution is 0.363. The summed E-state index contributed by atoms with van der Waals surface area (Å²) in [6.45, 7) is 3.34. The van der Waals surface area contributed by atoms with Gasteiger partial charge in [0.05, 0.1) is 0 Å². The average molecular weight is 263 g/mol. The van der Waals surface area contributed by atoms with E-state index in [1.807, 2.05) is 30.0 Å². The van der Waals surface area contributed by atoms with Gasteiger partial charge < -0.3 is 10.1 Å². The Bertz CT molecular complexity index is 386. The lowest BCUT2D eigenvalue weighted by Crippen LogP contribution is -2.30. The Balaban J connectivity index is 2.57. The zero-order chi connectivity index (χ0) is 13.2. The molecule has 0 fully saturated rings. The Morgan fingerprint density at radius 1 is 1.44 bits per heavy atom. The Labute approximate surface area is 115 Å². The molecule has 1 atom stereocenters. The molecule has 0 aromatic heterocycles. The van der Waals surface area contributed by atoms with Crippen LogP contribution in [0.15, 0.2) is 24.3 Å². The van der Waals surface area contributed by atoms with Crippen LogP contribution in [0.1, 0.15) is 18.9 Å². The van der Waals surface area contributed by atoms with Crippen LogP contribution in [0.3, 0.4) is 0 Å². The normalized spacial score (nSPS) is 11.8. The quantitative estimate of drug-likeness (QED) is 0.729. The molecule has 0 heterocycles. The molecular formula is C15H21NOS. The number of rotatable bonds is 8. The minimum atomic E-state index is 0.318. The van der Waals surface area contributed by atoms with Gasteiger partial charge in [0.25, 0.3) is 0 Å². The van der Waals surface area contributed by atoms with E-state index in [1.165, 1.54) is 0 Å². The van der Waals surface area contributed by atoms with Gasteiger partial charge in [-0.1, -0.05) is 31.0 Å². The third-order valence-corrected chi connectivity index (χ3v) is 3.46. The summed E-state index contributed by atoms with van der Waals surface area (Å²) in [5.41, 5.74) is 1.16. The predicted molar refractivity (Wildman–Crippen MR) is 80.1 cm³/mol. The van der Waals surface area contributed by atoms with Crippen molar-refractivity contribution >= 4 is 11.8 Å². The van der Waals surface area contributed by atoms with Gasteiger partial charge in [0, 0.05) is 23.9 Å². The highest BCUT2D eigenvalue weighted by molar-refractivity contribution is 7.98. The first-order valence-corrected chi connectivity index (χ1v) is 7.57. The molecule has 1 rings (SSSR count). The summed E-state index contributed by atoms with van der Waals surface area (Å²) in [5, 5.41) is 3.55. The number of thioether (sulfide) groups is 1. The summed E-state index contributed by atoms with van der Waals surface area (Å²) in [6, 6.07) is 8.57. The molecular weight excluding hydrogens is 242 g/mol. The number of terminal acetylenes is 1. The van der Waals surface area contributed by atoms with Crippen LogP contribution >= 0.6 is 11.8 Å². The van der Waals surface area contributed by atoms with Crippen LogP contribution in [0.2, 0.25) is 0 Å². The van der Waals surface area contributed by atoms with E-state index >= 15 is 0 Å². The zero-order valence-corrected chi connectivity index (χ0v) is 11.9.